The number of carbonyl (C=O) groups is 1. The van der Waals surface area contributed by atoms with Crippen molar-refractivity contribution in [2.24, 2.45) is 5.41 Å². The highest BCUT2D eigenvalue weighted by Gasteiger charge is 2.35. The molecule has 2 heterocycles. The van der Waals surface area contributed by atoms with Crippen LogP contribution in [0.5, 0.6) is 0 Å². The number of benzene rings is 2. The van der Waals surface area contributed by atoms with E-state index in [-0.39, 0.29) is 27.7 Å². The molecular weight excluding hydrogens is 518 g/mol. The van der Waals surface area contributed by atoms with E-state index in [9.17, 15) is 23.3 Å². The number of nitro groups is 1. The first kappa shape index (κ1) is 26.2. The Kier molecular flexibility index (Phi) is 6.34. The third-order valence-electron chi connectivity index (χ3n) is 6.68. The molecule has 0 bridgehead atoms. The van der Waals surface area contributed by atoms with Gasteiger partial charge in [0.15, 0.2) is 5.78 Å². The molecule has 11 heteroatoms. The van der Waals surface area contributed by atoms with Crippen molar-refractivity contribution in [3.8, 4) is 16.9 Å². The van der Waals surface area contributed by atoms with E-state index in [1.54, 1.807) is 44.2 Å². The summed E-state index contributed by atoms with van der Waals surface area (Å²) in [4.78, 5) is 32.1. The highest BCUT2D eigenvalue weighted by atomic mass is 32.2. The maximum Gasteiger partial charge on any atom is 0.269 e. The summed E-state index contributed by atoms with van der Waals surface area (Å²) in [5, 5.41) is 11.2. The van der Waals surface area contributed by atoms with Gasteiger partial charge in [0.1, 0.15) is 0 Å². The highest BCUT2D eigenvalue weighted by Crippen LogP contribution is 2.40. The van der Waals surface area contributed by atoms with Gasteiger partial charge in [-0.2, -0.15) is 0 Å². The quantitative estimate of drug-likeness (QED) is 0.252. The molecular formula is C28H27N5O5S. The van der Waals surface area contributed by atoms with Gasteiger partial charge >= 0.3 is 0 Å². The monoisotopic (exact) mass is 545 g/mol. The van der Waals surface area contributed by atoms with Crippen molar-refractivity contribution in [2.45, 2.75) is 45.4 Å². The number of non-ortho nitro benzene ring substituents is 1. The molecule has 1 N–H and O–H groups in total. The molecule has 0 amide bonds. The number of anilines is 1. The number of Topliss-reactive ketones (excluding diaryl/α,β-unsaturated/α-hetero) is 1. The normalized spacial score (nSPS) is 14.6. The molecule has 0 saturated carbocycles. The predicted molar refractivity (Wildman–Crippen MR) is 147 cm³/mol. The van der Waals surface area contributed by atoms with Gasteiger partial charge < -0.3 is 4.57 Å². The molecule has 5 rings (SSSR count). The molecule has 200 valence electrons. The first-order chi connectivity index (χ1) is 18.3. The van der Waals surface area contributed by atoms with Crippen LogP contribution in [-0.2, 0) is 16.4 Å². The standard InChI is InChI=1S/C28H27N5O5S/c1-17-13-18(2)30-27(29-17)31-39(37,38)22-11-9-20(10-12-22)32-24(19-5-7-21(8-6-19)33(35)36)14-23-25(32)15-28(3,4)16-26(23)34/h5-14H,15-16H2,1-4H3,(H,29,30,31). The van der Waals surface area contributed by atoms with Gasteiger partial charge in [0.05, 0.1) is 15.5 Å². The van der Waals surface area contributed by atoms with Gasteiger partial charge in [-0.1, -0.05) is 13.8 Å². The number of aryl methyl sites for hydroxylation is 2. The van der Waals surface area contributed by atoms with Crippen LogP contribution in [0.3, 0.4) is 0 Å². The predicted octanol–water partition coefficient (Wildman–Crippen LogP) is 5.42. The lowest BCUT2D eigenvalue weighted by Crippen LogP contribution is -2.27. The number of hydrogen-bond donors (Lipinski definition) is 1. The fourth-order valence-corrected chi connectivity index (χ4v) is 5.94. The number of sulfonamides is 1. The number of nitrogens with zero attached hydrogens (tertiary/aromatic N) is 4. The Hall–Kier alpha value is -4.38. The van der Waals surface area contributed by atoms with Crippen LogP contribution < -0.4 is 4.72 Å². The number of nitro benzene ring substituents is 1. The van der Waals surface area contributed by atoms with E-state index >= 15 is 0 Å². The summed E-state index contributed by atoms with van der Waals surface area (Å²) in [6, 6.07) is 16.0. The van der Waals surface area contributed by atoms with Crippen LogP contribution >= 0.6 is 0 Å². The topological polar surface area (TPSA) is 137 Å². The zero-order valence-corrected chi connectivity index (χ0v) is 22.7. The number of aromatic nitrogens is 3. The maximum absolute atomic E-state index is 13.1. The van der Waals surface area contributed by atoms with E-state index in [1.807, 2.05) is 24.5 Å². The molecule has 2 aromatic carbocycles. The lowest BCUT2D eigenvalue weighted by Gasteiger charge is -2.30. The average molecular weight is 546 g/mol. The molecule has 0 fully saturated rings. The Balaban J connectivity index is 1.58. The number of carbonyl (C=O) groups excluding carboxylic acids is 1. The molecule has 10 nitrogen and oxygen atoms in total. The Bertz CT molecular complexity index is 1700. The van der Waals surface area contributed by atoms with Crippen molar-refractivity contribution >= 4 is 27.4 Å². The lowest BCUT2D eigenvalue weighted by molar-refractivity contribution is -0.384. The van der Waals surface area contributed by atoms with E-state index in [0.29, 0.717) is 46.7 Å². The van der Waals surface area contributed by atoms with Crippen LogP contribution in [0.4, 0.5) is 11.6 Å². The molecule has 0 saturated heterocycles. The molecule has 0 atom stereocenters. The second-order valence-corrected chi connectivity index (χ2v) is 12.2. The highest BCUT2D eigenvalue weighted by molar-refractivity contribution is 7.92. The summed E-state index contributed by atoms with van der Waals surface area (Å²) < 4.78 is 30.5. The van der Waals surface area contributed by atoms with Gasteiger partial charge in [-0.3, -0.25) is 14.9 Å². The first-order valence-corrected chi connectivity index (χ1v) is 13.8. The Morgan fingerprint density at radius 2 is 1.56 bits per heavy atom. The Morgan fingerprint density at radius 3 is 2.15 bits per heavy atom. The summed E-state index contributed by atoms with van der Waals surface area (Å²) in [6.45, 7) is 7.58. The van der Waals surface area contributed by atoms with Gasteiger partial charge in [0, 0.05) is 46.9 Å². The number of nitrogens with one attached hydrogen (secondary N) is 1. The third-order valence-corrected chi connectivity index (χ3v) is 8.02. The van der Waals surface area contributed by atoms with Crippen molar-refractivity contribution < 1.29 is 18.1 Å². The molecule has 0 aliphatic heterocycles. The van der Waals surface area contributed by atoms with Gasteiger partial charge in [0.2, 0.25) is 5.95 Å². The Labute approximate surface area is 225 Å². The van der Waals surface area contributed by atoms with Crippen molar-refractivity contribution in [3.05, 3.63) is 93.4 Å². The molecule has 0 radical (unpaired) electrons. The molecule has 4 aromatic rings. The van der Waals surface area contributed by atoms with Crippen molar-refractivity contribution in [1.82, 2.24) is 14.5 Å². The number of fused-ring (bicyclic) bond motifs is 1. The molecule has 2 aromatic heterocycles. The summed E-state index contributed by atoms with van der Waals surface area (Å²) in [5.74, 6) is 0.0252. The second-order valence-electron chi connectivity index (χ2n) is 10.5. The third kappa shape index (κ3) is 5.17. The molecule has 39 heavy (non-hydrogen) atoms. The number of rotatable bonds is 6. The second kappa shape index (κ2) is 9.42. The van der Waals surface area contributed by atoms with E-state index in [1.165, 1.54) is 24.3 Å². The van der Waals surface area contributed by atoms with E-state index in [2.05, 4.69) is 14.7 Å². The fraction of sp³-hybridized carbons (Fsp3) is 0.250. The maximum atomic E-state index is 13.1. The van der Waals surface area contributed by atoms with Crippen molar-refractivity contribution in [3.63, 3.8) is 0 Å². The largest absolute Gasteiger partial charge is 0.313 e. The van der Waals surface area contributed by atoms with Crippen LogP contribution in [-0.4, -0.2) is 33.7 Å². The van der Waals surface area contributed by atoms with Gasteiger partial charge in [0.25, 0.3) is 15.7 Å². The summed E-state index contributed by atoms with van der Waals surface area (Å²) in [6.07, 6.45) is 1.04. The van der Waals surface area contributed by atoms with Gasteiger partial charge in [-0.05, 0) is 79.8 Å². The summed E-state index contributed by atoms with van der Waals surface area (Å²) in [7, 11) is -3.95. The zero-order valence-electron chi connectivity index (χ0n) is 21.9. The van der Waals surface area contributed by atoms with Crippen LogP contribution in [0, 0.1) is 29.4 Å². The summed E-state index contributed by atoms with van der Waals surface area (Å²) in [5.41, 5.74) is 4.48. The minimum Gasteiger partial charge on any atom is -0.313 e. The average Bonchev–Trinajstić information content (AvgIpc) is 3.22. The summed E-state index contributed by atoms with van der Waals surface area (Å²) >= 11 is 0. The van der Waals surface area contributed by atoms with E-state index in [0.717, 1.165) is 5.69 Å². The van der Waals surface area contributed by atoms with Crippen molar-refractivity contribution in [1.29, 1.82) is 0 Å². The molecule has 0 spiro atoms. The van der Waals surface area contributed by atoms with Gasteiger partial charge in [-0.15, -0.1) is 0 Å². The van der Waals surface area contributed by atoms with Crippen LogP contribution in [0.2, 0.25) is 0 Å². The molecule has 1 aliphatic carbocycles. The molecule has 0 unspecified atom stereocenters. The van der Waals surface area contributed by atoms with E-state index in [4.69, 9.17) is 0 Å². The van der Waals surface area contributed by atoms with Gasteiger partial charge in [-0.25, -0.2) is 23.1 Å². The van der Waals surface area contributed by atoms with E-state index < -0.39 is 14.9 Å². The first-order valence-electron chi connectivity index (χ1n) is 12.3. The number of ketones is 1. The van der Waals surface area contributed by atoms with Crippen LogP contribution in [0.25, 0.3) is 16.9 Å². The van der Waals surface area contributed by atoms with Crippen LogP contribution in [0.15, 0.2) is 65.6 Å². The van der Waals surface area contributed by atoms with Crippen LogP contribution in [0.1, 0.15) is 47.7 Å². The fourth-order valence-electron chi connectivity index (χ4n) is 5.00. The van der Waals surface area contributed by atoms with Crippen molar-refractivity contribution in [2.75, 3.05) is 4.72 Å². The zero-order chi connectivity index (χ0) is 28.1. The minimum atomic E-state index is -3.95. The lowest BCUT2D eigenvalue weighted by atomic mass is 9.76. The minimum absolute atomic E-state index is 0.00254. The number of hydrogen-bond acceptors (Lipinski definition) is 7. The smallest absolute Gasteiger partial charge is 0.269 e. The SMILES string of the molecule is Cc1cc(C)nc(NS(=O)(=O)c2ccc(-n3c(-c4ccc([N+](=O)[O-])cc4)cc4c3CC(C)(C)CC4=O)cc2)n1. The molecule has 1 aliphatic rings. The Morgan fingerprint density at radius 1 is 0.949 bits per heavy atom.